The van der Waals surface area contributed by atoms with Crippen LogP contribution in [0.3, 0.4) is 0 Å². The van der Waals surface area contributed by atoms with Crippen LogP contribution in [-0.4, -0.2) is 31.4 Å². The van der Waals surface area contributed by atoms with Gasteiger partial charge < -0.3 is 4.90 Å². The monoisotopic (exact) mass is 364 g/mol. The summed E-state index contributed by atoms with van der Waals surface area (Å²) in [7, 11) is 0. The third-order valence-electron chi connectivity index (χ3n) is 5.78. The van der Waals surface area contributed by atoms with E-state index in [4.69, 9.17) is 5.10 Å². The first-order valence-corrected chi connectivity index (χ1v) is 9.60. The summed E-state index contributed by atoms with van der Waals surface area (Å²) in [6.07, 6.45) is 6.18. The van der Waals surface area contributed by atoms with Crippen LogP contribution in [0.4, 0.5) is 4.39 Å². The summed E-state index contributed by atoms with van der Waals surface area (Å²) in [6.45, 7) is 2.04. The van der Waals surface area contributed by atoms with Gasteiger partial charge in [-0.15, -0.1) is 0 Å². The Kier molecular flexibility index (Phi) is 3.74. The summed E-state index contributed by atoms with van der Waals surface area (Å²) >= 11 is 0. The lowest BCUT2D eigenvalue weighted by molar-refractivity contribution is -0.134. The number of aromatic nitrogens is 3. The van der Waals surface area contributed by atoms with Gasteiger partial charge >= 0.3 is 0 Å². The van der Waals surface area contributed by atoms with E-state index in [0.29, 0.717) is 12.1 Å². The van der Waals surface area contributed by atoms with Gasteiger partial charge in [-0.05, 0) is 31.4 Å². The predicted molar refractivity (Wildman–Crippen MR) is 99.6 cm³/mol. The highest BCUT2D eigenvalue weighted by Gasteiger charge is 2.43. The molecule has 0 spiro atoms. The second-order valence-electron chi connectivity index (χ2n) is 7.47. The molecular weight excluding hydrogens is 343 g/mol. The SMILES string of the molecule is CCCC(=O)N1C2CCC1c1cnc3cc(-c4cccc(F)c4)nn3c1C2. The molecular formula is C21H21FN4O. The standard InChI is InChI=1S/C21H21FN4O/c1-2-4-21(27)25-15-7-8-18(25)16-12-23-20-11-17(24-26(20)19(16)10-15)13-5-3-6-14(22)9-13/h3,5-6,9,11-12,15,18H,2,4,7-8,10H2,1H3. The van der Waals surface area contributed by atoms with Crippen molar-refractivity contribution in [3.8, 4) is 11.3 Å². The Morgan fingerprint density at radius 3 is 3.00 bits per heavy atom. The highest BCUT2D eigenvalue weighted by atomic mass is 19.1. The fourth-order valence-electron chi connectivity index (χ4n) is 4.60. The van der Waals surface area contributed by atoms with Crippen LogP contribution in [-0.2, 0) is 11.2 Å². The normalized spacial score (nSPS) is 20.9. The van der Waals surface area contributed by atoms with E-state index in [2.05, 4.69) is 9.88 Å². The fraction of sp³-hybridized carbons (Fsp3) is 0.381. The average molecular weight is 364 g/mol. The topological polar surface area (TPSA) is 50.5 Å². The molecule has 0 saturated carbocycles. The van der Waals surface area contributed by atoms with Crippen molar-refractivity contribution in [2.24, 2.45) is 0 Å². The van der Waals surface area contributed by atoms with Gasteiger partial charge in [-0.25, -0.2) is 13.9 Å². The van der Waals surface area contributed by atoms with E-state index in [1.54, 1.807) is 6.07 Å². The molecule has 5 rings (SSSR count). The maximum atomic E-state index is 13.6. The van der Waals surface area contributed by atoms with E-state index in [1.165, 1.54) is 12.1 Å². The molecule has 0 N–H and O–H groups in total. The lowest BCUT2D eigenvalue weighted by Crippen LogP contribution is -2.42. The Balaban J connectivity index is 1.59. The van der Waals surface area contributed by atoms with E-state index in [9.17, 15) is 9.18 Å². The number of carbonyl (C=O) groups excluding carboxylic acids is 1. The van der Waals surface area contributed by atoms with Crippen molar-refractivity contribution in [2.75, 3.05) is 0 Å². The first-order chi connectivity index (χ1) is 13.2. The molecule has 2 bridgehead atoms. The molecule has 2 aliphatic rings. The van der Waals surface area contributed by atoms with Gasteiger partial charge in [-0.2, -0.15) is 5.10 Å². The zero-order valence-corrected chi connectivity index (χ0v) is 15.2. The molecule has 1 fully saturated rings. The van der Waals surface area contributed by atoms with Gasteiger partial charge in [0.25, 0.3) is 0 Å². The summed E-state index contributed by atoms with van der Waals surface area (Å²) in [5, 5.41) is 4.72. The van der Waals surface area contributed by atoms with Crippen LogP contribution in [0.1, 0.15) is 49.9 Å². The van der Waals surface area contributed by atoms with Crippen LogP contribution in [0.5, 0.6) is 0 Å². The van der Waals surface area contributed by atoms with E-state index in [1.807, 2.05) is 29.8 Å². The molecule has 2 aromatic heterocycles. The summed E-state index contributed by atoms with van der Waals surface area (Å²) in [4.78, 5) is 19.3. The van der Waals surface area contributed by atoms with Gasteiger partial charge in [0, 0.05) is 42.3 Å². The fourth-order valence-corrected chi connectivity index (χ4v) is 4.60. The molecule has 0 radical (unpaired) electrons. The van der Waals surface area contributed by atoms with Crippen LogP contribution >= 0.6 is 0 Å². The zero-order valence-electron chi connectivity index (χ0n) is 15.2. The average Bonchev–Trinajstić information content (AvgIpc) is 3.23. The maximum absolute atomic E-state index is 13.6. The highest BCUT2D eigenvalue weighted by Crippen LogP contribution is 2.44. The minimum atomic E-state index is -0.275. The van der Waals surface area contributed by atoms with Crippen molar-refractivity contribution in [3.05, 3.63) is 53.6 Å². The van der Waals surface area contributed by atoms with Crippen LogP contribution < -0.4 is 0 Å². The van der Waals surface area contributed by atoms with Crippen molar-refractivity contribution in [1.29, 1.82) is 0 Å². The molecule has 1 saturated heterocycles. The molecule has 2 unspecified atom stereocenters. The van der Waals surface area contributed by atoms with Crippen molar-refractivity contribution >= 4 is 11.6 Å². The number of hydrogen-bond donors (Lipinski definition) is 0. The minimum absolute atomic E-state index is 0.108. The number of fused-ring (bicyclic) bond motifs is 6. The van der Waals surface area contributed by atoms with Gasteiger partial charge in [0.2, 0.25) is 5.91 Å². The summed E-state index contributed by atoms with van der Waals surface area (Å²) < 4.78 is 15.5. The van der Waals surface area contributed by atoms with Gasteiger partial charge in [0.1, 0.15) is 5.82 Å². The number of carbonyl (C=O) groups is 1. The van der Waals surface area contributed by atoms with Crippen molar-refractivity contribution in [2.45, 2.75) is 51.1 Å². The molecule has 1 amide bonds. The highest BCUT2D eigenvalue weighted by molar-refractivity contribution is 5.78. The number of rotatable bonds is 3. The van der Waals surface area contributed by atoms with Crippen molar-refractivity contribution in [3.63, 3.8) is 0 Å². The minimum Gasteiger partial charge on any atom is -0.332 e. The zero-order chi connectivity index (χ0) is 18.5. The van der Waals surface area contributed by atoms with Crippen LogP contribution in [0.2, 0.25) is 0 Å². The van der Waals surface area contributed by atoms with E-state index >= 15 is 0 Å². The lowest BCUT2D eigenvalue weighted by atomic mass is 9.98. The lowest BCUT2D eigenvalue weighted by Gasteiger charge is -2.36. The van der Waals surface area contributed by atoms with Crippen LogP contribution in [0.15, 0.2) is 36.5 Å². The molecule has 4 heterocycles. The molecule has 0 aliphatic carbocycles. The van der Waals surface area contributed by atoms with Gasteiger partial charge in [-0.1, -0.05) is 19.1 Å². The van der Waals surface area contributed by atoms with Gasteiger partial charge in [-0.3, -0.25) is 4.79 Å². The number of benzene rings is 1. The molecule has 2 aliphatic heterocycles. The van der Waals surface area contributed by atoms with E-state index in [-0.39, 0.29) is 23.8 Å². The van der Waals surface area contributed by atoms with Gasteiger partial charge in [0.05, 0.1) is 17.4 Å². The Morgan fingerprint density at radius 2 is 2.19 bits per heavy atom. The largest absolute Gasteiger partial charge is 0.332 e. The Morgan fingerprint density at radius 1 is 1.30 bits per heavy atom. The Hall–Kier alpha value is -2.76. The Labute approximate surface area is 156 Å². The number of nitrogens with zero attached hydrogens (tertiary/aromatic N) is 4. The number of amides is 1. The molecule has 3 aromatic rings. The van der Waals surface area contributed by atoms with Crippen LogP contribution in [0.25, 0.3) is 16.9 Å². The van der Waals surface area contributed by atoms with Crippen LogP contribution in [0, 0.1) is 5.82 Å². The molecule has 6 heteroatoms. The second-order valence-corrected chi connectivity index (χ2v) is 7.47. The predicted octanol–water partition coefficient (Wildman–Crippen LogP) is 3.92. The summed E-state index contributed by atoms with van der Waals surface area (Å²) in [6, 6.07) is 8.71. The smallest absolute Gasteiger partial charge is 0.223 e. The van der Waals surface area contributed by atoms with Crippen molar-refractivity contribution in [1.82, 2.24) is 19.5 Å². The number of halogens is 1. The third-order valence-corrected chi connectivity index (χ3v) is 5.78. The summed E-state index contributed by atoms with van der Waals surface area (Å²) in [5.74, 6) is -0.0284. The molecule has 5 nitrogen and oxygen atoms in total. The maximum Gasteiger partial charge on any atom is 0.223 e. The molecule has 27 heavy (non-hydrogen) atoms. The third kappa shape index (κ3) is 2.54. The quantitative estimate of drug-likeness (QED) is 0.708. The second kappa shape index (κ2) is 6.15. The molecule has 138 valence electrons. The van der Waals surface area contributed by atoms with E-state index < -0.39 is 0 Å². The Bertz CT molecular complexity index is 1040. The molecule has 2 atom stereocenters. The first-order valence-electron chi connectivity index (χ1n) is 9.60. The number of hydrogen-bond acceptors (Lipinski definition) is 3. The molecule has 1 aromatic carbocycles. The summed E-state index contributed by atoms with van der Waals surface area (Å²) in [5.41, 5.74) is 4.46. The van der Waals surface area contributed by atoms with Crippen molar-refractivity contribution < 1.29 is 9.18 Å². The van der Waals surface area contributed by atoms with E-state index in [0.717, 1.165) is 48.2 Å². The van der Waals surface area contributed by atoms with Gasteiger partial charge in [0.15, 0.2) is 5.65 Å². The first kappa shape index (κ1) is 16.4.